The number of alkyl halides is 1. The monoisotopic (exact) mass is 255 g/mol. The van der Waals surface area contributed by atoms with Gasteiger partial charge in [0.15, 0.2) is 0 Å². The molecular formula is C11H10ClNO4. The second-order valence-corrected chi connectivity index (χ2v) is 4.03. The number of carbonyl (C=O) groups excluding carboxylic acids is 2. The fourth-order valence-electron chi connectivity index (χ4n) is 1.76. The zero-order valence-corrected chi connectivity index (χ0v) is 9.44. The van der Waals surface area contributed by atoms with Crippen LogP contribution in [-0.2, 0) is 4.79 Å². The van der Waals surface area contributed by atoms with Crippen LogP contribution in [0.1, 0.15) is 22.0 Å². The van der Waals surface area contributed by atoms with Crippen molar-refractivity contribution in [1.82, 2.24) is 0 Å². The summed E-state index contributed by atoms with van der Waals surface area (Å²) in [5.74, 6) is -1.61. The molecule has 1 heterocycles. The van der Waals surface area contributed by atoms with E-state index >= 15 is 0 Å². The van der Waals surface area contributed by atoms with Crippen LogP contribution in [0.5, 0.6) is 0 Å². The largest absolute Gasteiger partial charge is 0.389 e. The highest BCUT2D eigenvalue weighted by Crippen LogP contribution is 2.31. The number of amides is 1. The van der Waals surface area contributed by atoms with Crippen molar-refractivity contribution in [3.05, 3.63) is 29.3 Å². The third kappa shape index (κ3) is 1.93. The number of anilines is 1. The molecule has 0 aromatic heterocycles. The molecule has 2 atom stereocenters. The van der Waals surface area contributed by atoms with Crippen LogP contribution >= 0.6 is 11.6 Å². The van der Waals surface area contributed by atoms with Crippen LogP contribution in [0.25, 0.3) is 0 Å². The minimum atomic E-state index is -1.29. The van der Waals surface area contributed by atoms with Crippen molar-refractivity contribution in [1.29, 1.82) is 0 Å². The molecule has 1 aromatic carbocycles. The van der Waals surface area contributed by atoms with E-state index < -0.39 is 23.9 Å². The SMILES string of the molecule is O=C1Nc2cccc(C(O)C(O)CCl)c2C1=O. The summed E-state index contributed by atoms with van der Waals surface area (Å²) in [6, 6.07) is 4.62. The van der Waals surface area contributed by atoms with Crippen molar-refractivity contribution in [2.45, 2.75) is 12.2 Å². The van der Waals surface area contributed by atoms with Gasteiger partial charge in [-0.2, -0.15) is 0 Å². The summed E-state index contributed by atoms with van der Waals surface area (Å²) in [4.78, 5) is 22.8. The molecule has 1 aromatic rings. The average molecular weight is 256 g/mol. The van der Waals surface area contributed by atoms with Crippen molar-refractivity contribution >= 4 is 29.0 Å². The summed E-state index contributed by atoms with van der Waals surface area (Å²) in [6.07, 6.45) is -2.48. The van der Waals surface area contributed by atoms with Gasteiger partial charge in [-0.1, -0.05) is 12.1 Å². The van der Waals surface area contributed by atoms with Gasteiger partial charge >= 0.3 is 0 Å². The maximum absolute atomic E-state index is 11.6. The van der Waals surface area contributed by atoms with Gasteiger partial charge in [-0.3, -0.25) is 9.59 Å². The standard InChI is InChI=1S/C11H10ClNO4/c12-4-7(14)9(15)5-2-1-3-6-8(5)10(16)11(17)13-6/h1-3,7,9,14-15H,4H2,(H,13,16,17). The van der Waals surface area contributed by atoms with Gasteiger partial charge < -0.3 is 15.5 Å². The van der Waals surface area contributed by atoms with E-state index in [-0.39, 0.29) is 17.0 Å². The van der Waals surface area contributed by atoms with Crippen molar-refractivity contribution < 1.29 is 19.8 Å². The number of hydrogen-bond donors (Lipinski definition) is 3. The molecule has 0 saturated carbocycles. The Bertz CT molecular complexity index is 488. The molecule has 0 saturated heterocycles. The number of nitrogens with one attached hydrogen (secondary N) is 1. The summed E-state index contributed by atoms with van der Waals surface area (Å²) in [5.41, 5.74) is 0.659. The van der Waals surface area contributed by atoms with Crippen LogP contribution < -0.4 is 5.32 Å². The van der Waals surface area contributed by atoms with Gasteiger partial charge in [0.2, 0.25) is 0 Å². The van der Waals surface area contributed by atoms with E-state index in [2.05, 4.69) is 5.32 Å². The van der Waals surface area contributed by atoms with Crippen LogP contribution in [0.2, 0.25) is 0 Å². The van der Waals surface area contributed by atoms with Crippen LogP contribution in [0.3, 0.4) is 0 Å². The predicted octanol–water partition coefficient (Wildman–Crippen LogP) is 0.455. The van der Waals surface area contributed by atoms with Crippen LogP contribution in [-0.4, -0.2) is 33.9 Å². The maximum atomic E-state index is 11.6. The topological polar surface area (TPSA) is 86.6 Å². The Hall–Kier alpha value is -1.43. The van der Waals surface area contributed by atoms with Crippen molar-refractivity contribution in [2.75, 3.05) is 11.2 Å². The fraction of sp³-hybridized carbons (Fsp3) is 0.273. The fourth-order valence-corrected chi connectivity index (χ4v) is 1.93. The molecule has 0 fully saturated rings. The zero-order chi connectivity index (χ0) is 12.6. The minimum Gasteiger partial charge on any atom is -0.389 e. The Morgan fingerprint density at radius 1 is 1.29 bits per heavy atom. The quantitative estimate of drug-likeness (QED) is 0.541. The summed E-state index contributed by atoms with van der Waals surface area (Å²) in [7, 11) is 0. The predicted molar refractivity (Wildman–Crippen MR) is 61.1 cm³/mol. The normalized spacial score (nSPS) is 17.6. The molecule has 1 aliphatic rings. The molecule has 1 aliphatic heterocycles. The van der Waals surface area contributed by atoms with Gasteiger partial charge in [-0.05, 0) is 11.6 Å². The first-order valence-corrected chi connectivity index (χ1v) is 5.50. The minimum absolute atomic E-state index is 0.106. The average Bonchev–Trinajstić information content (AvgIpc) is 2.63. The Morgan fingerprint density at radius 2 is 2.00 bits per heavy atom. The highest BCUT2D eigenvalue weighted by molar-refractivity contribution is 6.52. The Balaban J connectivity index is 2.48. The first-order chi connectivity index (χ1) is 8.06. The number of rotatable bonds is 3. The maximum Gasteiger partial charge on any atom is 0.296 e. The summed E-state index contributed by atoms with van der Waals surface area (Å²) < 4.78 is 0. The van der Waals surface area contributed by atoms with E-state index in [1.54, 1.807) is 12.1 Å². The molecule has 5 nitrogen and oxygen atoms in total. The second kappa shape index (κ2) is 4.44. The molecule has 90 valence electrons. The van der Waals surface area contributed by atoms with Gasteiger partial charge in [-0.25, -0.2) is 0 Å². The molecule has 0 aliphatic carbocycles. The van der Waals surface area contributed by atoms with Crippen molar-refractivity contribution in [3.8, 4) is 0 Å². The molecule has 6 heteroatoms. The molecule has 3 N–H and O–H groups in total. The Kier molecular flexibility index (Phi) is 3.15. The number of Topliss-reactive ketones (excluding diaryl/α,β-unsaturated/α-hetero) is 1. The molecular weight excluding hydrogens is 246 g/mol. The lowest BCUT2D eigenvalue weighted by Gasteiger charge is -2.17. The van der Waals surface area contributed by atoms with E-state index in [1.807, 2.05) is 0 Å². The number of aliphatic hydroxyl groups excluding tert-OH is 2. The van der Waals surface area contributed by atoms with E-state index in [9.17, 15) is 19.8 Å². The van der Waals surface area contributed by atoms with Gasteiger partial charge in [0.25, 0.3) is 11.7 Å². The smallest absolute Gasteiger partial charge is 0.296 e. The van der Waals surface area contributed by atoms with Gasteiger partial charge in [0.05, 0.1) is 23.2 Å². The first-order valence-electron chi connectivity index (χ1n) is 4.97. The van der Waals surface area contributed by atoms with Crippen LogP contribution in [0.4, 0.5) is 5.69 Å². The molecule has 0 spiro atoms. The first kappa shape index (κ1) is 12.0. The van der Waals surface area contributed by atoms with E-state index in [1.165, 1.54) is 6.07 Å². The Labute approximate surface area is 102 Å². The lowest BCUT2D eigenvalue weighted by molar-refractivity contribution is -0.112. The van der Waals surface area contributed by atoms with Crippen LogP contribution in [0, 0.1) is 0 Å². The Morgan fingerprint density at radius 3 is 2.65 bits per heavy atom. The number of ketones is 1. The molecule has 1 amide bonds. The zero-order valence-electron chi connectivity index (χ0n) is 8.68. The highest BCUT2D eigenvalue weighted by atomic mass is 35.5. The van der Waals surface area contributed by atoms with E-state index in [0.717, 1.165) is 0 Å². The van der Waals surface area contributed by atoms with E-state index in [0.29, 0.717) is 5.69 Å². The molecule has 0 radical (unpaired) electrons. The lowest BCUT2D eigenvalue weighted by Crippen LogP contribution is -2.22. The number of fused-ring (bicyclic) bond motifs is 1. The molecule has 17 heavy (non-hydrogen) atoms. The highest BCUT2D eigenvalue weighted by Gasteiger charge is 2.33. The van der Waals surface area contributed by atoms with E-state index in [4.69, 9.17) is 11.6 Å². The molecule has 2 unspecified atom stereocenters. The third-order valence-corrected chi connectivity index (χ3v) is 2.94. The second-order valence-electron chi connectivity index (χ2n) is 3.72. The summed E-state index contributed by atoms with van der Waals surface area (Å²) >= 11 is 5.44. The van der Waals surface area contributed by atoms with Crippen molar-refractivity contribution in [2.24, 2.45) is 0 Å². The number of carbonyl (C=O) groups is 2. The number of halogens is 1. The summed E-state index contributed by atoms with van der Waals surface area (Å²) in [6.45, 7) is 0. The molecule has 2 rings (SSSR count). The number of benzene rings is 1. The van der Waals surface area contributed by atoms with Gasteiger partial charge in [-0.15, -0.1) is 11.6 Å². The van der Waals surface area contributed by atoms with Crippen LogP contribution in [0.15, 0.2) is 18.2 Å². The molecule has 0 bridgehead atoms. The number of hydrogen-bond acceptors (Lipinski definition) is 4. The summed E-state index contributed by atoms with van der Waals surface area (Å²) in [5, 5.41) is 21.7. The van der Waals surface area contributed by atoms with Crippen molar-refractivity contribution in [3.63, 3.8) is 0 Å². The lowest BCUT2D eigenvalue weighted by atomic mass is 9.97. The van der Waals surface area contributed by atoms with Gasteiger partial charge in [0, 0.05) is 0 Å². The van der Waals surface area contributed by atoms with Gasteiger partial charge in [0.1, 0.15) is 6.10 Å². The number of aliphatic hydroxyl groups is 2. The third-order valence-electron chi connectivity index (χ3n) is 2.62.